The molecule has 1 aliphatic rings. The van der Waals surface area contributed by atoms with E-state index < -0.39 is 17.7 Å². The van der Waals surface area contributed by atoms with E-state index in [0.29, 0.717) is 54.7 Å². The molecular formula is C28H36N2O6. The van der Waals surface area contributed by atoms with Crippen LogP contribution in [-0.2, 0) is 9.59 Å². The van der Waals surface area contributed by atoms with Crippen molar-refractivity contribution in [2.24, 2.45) is 0 Å². The lowest BCUT2D eigenvalue weighted by Crippen LogP contribution is -2.38. The molecule has 8 nitrogen and oxygen atoms in total. The van der Waals surface area contributed by atoms with Gasteiger partial charge in [-0.15, -0.1) is 0 Å². The zero-order chi connectivity index (χ0) is 26.2. The van der Waals surface area contributed by atoms with Gasteiger partial charge in [-0.3, -0.25) is 9.59 Å². The molecule has 0 radical (unpaired) electrons. The van der Waals surface area contributed by atoms with E-state index >= 15 is 0 Å². The molecule has 2 aromatic rings. The predicted molar refractivity (Wildman–Crippen MR) is 139 cm³/mol. The average molecular weight is 497 g/mol. The summed E-state index contributed by atoms with van der Waals surface area (Å²) in [7, 11) is 1.58. The highest BCUT2D eigenvalue weighted by Gasteiger charge is 2.46. The summed E-state index contributed by atoms with van der Waals surface area (Å²) >= 11 is 0. The summed E-state index contributed by atoms with van der Waals surface area (Å²) in [5.74, 6) is 0.000242. The second-order valence-electron chi connectivity index (χ2n) is 8.32. The van der Waals surface area contributed by atoms with Crippen molar-refractivity contribution >= 4 is 17.4 Å². The van der Waals surface area contributed by atoms with Gasteiger partial charge in [0.15, 0.2) is 0 Å². The maximum absolute atomic E-state index is 13.3. The van der Waals surface area contributed by atoms with Crippen molar-refractivity contribution in [3.05, 3.63) is 59.2 Å². The maximum atomic E-state index is 13.3. The van der Waals surface area contributed by atoms with Gasteiger partial charge in [-0.05, 0) is 56.8 Å². The summed E-state index contributed by atoms with van der Waals surface area (Å²) in [5, 5.41) is 11.5. The number of hydrogen-bond acceptors (Lipinski definition) is 7. The van der Waals surface area contributed by atoms with Crippen molar-refractivity contribution in [2.45, 2.75) is 33.7 Å². The van der Waals surface area contributed by atoms with Gasteiger partial charge in [0.2, 0.25) is 0 Å². The Balaban J connectivity index is 2.14. The van der Waals surface area contributed by atoms with Crippen molar-refractivity contribution in [1.29, 1.82) is 0 Å². The molecule has 1 N–H and O–H groups in total. The lowest BCUT2D eigenvalue weighted by molar-refractivity contribution is -0.140. The first-order valence-electron chi connectivity index (χ1n) is 12.4. The quantitative estimate of drug-likeness (QED) is 0.267. The summed E-state index contributed by atoms with van der Waals surface area (Å²) in [5.41, 5.74) is 1.08. The number of methoxy groups -OCH3 is 1. The Kier molecular flexibility index (Phi) is 9.36. The van der Waals surface area contributed by atoms with Crippen LogP contribution in [0.1, 0.15) is 44.9 Å². The fourth-order valence-corrected chi connectivity index (χ4v) is 4.41. The molecule has 3 rings (SSSR count). The molecule has 1 atom stereocenters. The van der Waals surface area contributed by atoms with Crippen LogP contribution in [0.15, 0.2) is 48.0 Å². The summed E-state index contributed by atoms with van der Waals surface area (Å²) in [4.78, 5) is 30.3. The fraction of sp³-hybridized carbons (Fsp3) is 0.429. The zero-order valence-electron chi connectivity index (χ0n) is 21.7. The first kappa shape index (κ1) is 27.1. The maximum Gasteiger partial charge on any atom is 0.295 e. The van der Waals surface area contributed by atoms with Crippen LogP contribution in [0.2, 0.25) is 0 Å². The van der Waals surface area contributed by atoms with Crippen molar-refractivity contribution in [2.75, 3.05) is 46.5 Å². The van der Waals surface area contributed by atoms with E-state index in [1.807, 2.05) is 26.0 Å². The highest BCUT2D eigenvalue weighted by molar-refractivity contribution is 6.46. The van der Waals surface area contributed by atoms with Gasteiger partial charge < -0.3 is 29.1 Å². The van der Waals surface area contributed by atoms with Gasteiger partial charge in [-0.1, -0.05) is 26.0 Å². The van der Waals surface area contributed by atoms with Crippen molar-refractivity contribution in [3.63, 3.8) is 0 Å². The van der Waals surface area contributed by atoms with Crippen molar-refractivity contribution < 1.29 is 28.9 Å². The Bertz CT molecular complexity index is 1090. The van der Waals surface area contributed by atoms with Crippen LogP contribution in [-0.4, -0.2) is 73.1 Å². The average Bonchev–Trinajstić information content (AvgIpc) is 3.14. The van der Waals surface area contributed by atoms with E-state index in [-0.39, 0.29) is 11.3 Å². The summed E-state index contributed by atoms with van der Waals surface area (Å²) < 4.78 is 16.6. The molecule has 0 saturated carbocycles. The Labute approximate surface area is 213 Å². The number of Topliss-reactive ketones (excluding diaryl/α,β-unsaturated/α-hetero) is 1. The summed E-state index contributed by atoms with van der Waals surface area (Å²) in [6.45, 7) is 11.3. The Morgan fingerprint density at radius 2 is 1.58 bits per heavy atom. The largest absolute Gasteiger partial charge is 0.507 e. The zero-order valence-corrected chi connectivity index (χ0v) is 21.7. The van der Waals surface area contributed by atoms with Gasteiger partial charge in [0.1, 0.15) is 23.0 Å². The SMILES string of the molecule is CCOc1ccc(/C(O)=C2/C(=O)C(=O)N(CCN(CC)CC)C2c2ccc(OC)cc2)c(OCC)c1. The molecule has 1 saturated heterocycles. The number of hydrogen-bond donors (Lipinski definition) is 1. The highest BCUT2D eigenvalue weighted by Crippen LogP contribution is 2.41. The number of likely N-dealkylation sites (N-methyl/N-ethyl adjacent to an activating group) is 1. The molecule has 1 heterocycles. The van der Waals surface area contributed by atoms with Gasteiger partial charge in [0.05, 0.1) is 37.5 Å². The van der Waals surface area contributed by atoms with Crippen LogP contribution in [0.4, 0.5) is 0 Å². The number of aliphatic hydroxyl groups is 1. The number of carbonyl (C=O) groups is 2. The number of aliphatic hydroxyl groups excluding tert-OH is 1. The first-order valence-corrected chi connectivity index (χ1v) is 12.4. The molecule has 194 valence electrons. The van der Waals surface area contributed by atoms with Gasteiger partial charge >= 0.3 is 0 Å². The van der Waals surface area contributed by atoms with E-state index in [1.54, 1.807) is 42.3 Å². The van der Waals surface area contributed by atoms with Crippen molar-refractivity contribution in [3.8, 4) is 17.2 Å². The van der Waals surface area contributed by atoms with Crippen molar-refractivity contribution in [1.82, 2.24) is 9.80 Å². The Hall–Kier alpha value is -3.52. The monoisotopic (exact) mass is 496 g/mol. The smallest absolute Gasteiger partial charge is 0.295 e. The lowest BCUT2D eigenvalue weighted by atomic mass is 9.95. The van der Waals surface area contributed by atoms with Gasteiger partial charge in [-0.25, -0.2) is 0 Å². The number of carbonyl (C=O) groups excluding carboxylic acids is 2. The second-order valence-corrected chi connectivity index (χ2v) is 8.32. The van der Waals surface area contributed by atoms with Crippen LogP contribution in [0.3, 0.4) is 0 Å². The van der Waals surface area contributed by atoms with Gasteiger partial charge in [0, 0.05) is 19.2 Å². The van der Waals surface area contributed by atoms with E-state index in [9.17, 15) is 14.7 Å². The number of nitrogens with zero attached hydrogens (tertiary/aromatic N) is 2. The van der Waals surface area contributed by atoms with E-state index in [2.05, 4.69) is 18.7 Å². The summed E-state index contributed by atoms with van der Waals surface area (Å²) in [6.07, 6.45) is 0. The molecule has 36 heavy (non-hydrogen) atoms. The van der Waals surface area contributed by atoms with Crippen LogP contribution < -0.4 is 14.2 Å². The number of rotatable bonds is 12. The number of amides is 1. The molecule has 1 amide bonds. The molecule has 0 spiro atoms. The molecule has 0 aliphatic carbocycles. The molecule has 1 fully saturated rings. The highest BCUT2D eigenvalue weighted by atomic mass is 16.5. The number of benzene rings is 2. The summed E-state index contributed by atoms with van der Waals surface area (Å²) in [6, 6.07) is 11.5. The topological polar surface area (TPSA) is 88.5 Å². The van der Waals surface area contributed by atoms with Crippen LogP contribution in [0.25, 0.3) is 5.76 Å². The molecule has 0 bridgehead atoms. The second kappa shape index (κ2) is 12.4. The molecule has 0 aromatic heterocycles. The third-order valence-electron chi connectivity index (χ3n) is 6.34. The standard InChI is InChI=1S/C28H36N2O6/c1-6-29(7-2)16-17-30-25(19-10-12-20(34-5)13-11-19)24(27(32)28(30)33)26(31)22-15-14-21(35-8-3)18-23(22)36-9-4/h10-15,18,25,31H,6-9,16-17H2,1-5H3/b26-24-. The van der Waals surface area contributed by atoms with Crippen LogP contribution >= 0.6 is 0 Å². The van der Waals surface area contributed by atoms with E-state index in [4.69, 9.17) is 14.2 Å². The normalized spacial score (nSPS) is 17.1. The third kappa shape index (κ3) is 5.65. The number of ether oxygens (including phenoxy) is 3. The lowest BCUT2D eigenvalue weighted by Gasteiger charge is -2.28. The third-order valence-corrected chi connectivity index (χ3v) is 6.34. The predicted octanol–water partition coefficient (Wildman–Crippen LogP) is 4.26. The minimum absolute atomic E-state index is 0.0369. The first-order chi connectivity index (χ1) is 17.4. The molecule has 2 aromatic carbocycles. The van der Waals surface area contributed by atoms with Crippen LogP contribution in [0, 0.1) is 0 Å². The Morgan fingerprint density at radius 1 is 0.944 bits per heavy atom. The molecular weight excluding hydrogens is 460 g/mol. The Morgan fingerprint density at radius 3 is 2.17 bits per heavy atom. The minimum Gasteiger partial charge on any atom is -0.507 e. The number of ketones is 1. The fourth-order valence-electron chi connectivity index (χ4n) is 4.41. The molecule has 1 aliphatic heterocycles. The van der Waals surface area contributed by atoms with E-state index in [1.165, 1.54) is 0 Å². The molecule has 8 heteroatoms. The van der Waals surface area contributed by atoms with E-state index in [0.717, 1.165) is 13.1 Å². The number of likely N-dealkylation sites (tertiary alicyclic amines) is 1. The van der Waals surface area contributed by atoms with Gasteiger partial charge in [-0.2, -0.15) is 0 Å². The molecule has 1 unspecified atom stereocenters. The minimum atomic E-state index is -0.743. The van der Waals surface area contributed by atoms with Crippen LogP contribution in [0.5, 0.6) is 17.2 Å². The van der Waals surface area contributed by atoms with Gasteiger partial charge in [0.25, 0.3) is 11.7 Å².